The van der Waals surface area contributed by atoms with Crippen molar-refractivity contribution in [2.45, 2.75) is 13.0 Å². The van der Waals surface area contributed by atoms with Gasteiger partial charge in [0, 0.05) is 17.4 Å². The SMILES string of the molecule is C[C@@H](Nc1ccc(NC(=O)c2ccoc2)cc1)c1ccccc1. The first-order valence-corrected chi connectivity index (χ1v) is 7.47. The van der Waals surface area contributed by atoms with Gasteiger partial charge in [0.2, 0.25) is 0 Å². The summed E-state index contributed by atoms with van der Waals surface area (Å²) in [4.78, 5) is 11.9. The summed E-state index contributed by atoms with van der Waals surface area (Å²) in [6.07, 6.45) is 2.90. The van der Waals surface area contributed by atoms with E-state index in [1.165, 1.54) is 18.1 Å². The number of benzene rings is 2. The van der Waals surface area contributed by atoms with Crippen molar-refractivity contribution in [3.05, 3.63) is 84.3 Å². The minimum Gasteiger partial charge on any atom is -0.472 e. The summed E-state index contributed by atoms with van der Waals surface area (Å²) in [5.74, 6) is -0.183. The second-order valence-electron chi connectivity index (χ2n) is 5.32. The molecular weight excluding hydrogens is 288 g/mol. The molecule has 0 spiro atoms. The van der Waals surface area contributed by atoms with Crippen molar-refractivity contribution in [1.29, 1.82) is 0 Å². The zero-order valence-electron chi connectivity index (χ0n) is 12.8. The van der Waals surface area contributed by atoms with E-state index >= 15 is 0 Å². The van der Waals surface area contributed by atoms with E-state index in [1.54, 1.807) is 6.07 Å². The molecule has 23 heavy (non-hydrogen) atoms. The molecule has 1 amide bonds. The minimum absolute atomic E-state index is 0.183. The number of carbonyl (C=O) groups excluding carboxylic acids is 1. The summed E-state index contributed by atoms with van der Waals surface area (Å²) in [5.41, 5.74) is 3.48. The van der Waals surface area contributed by atoms with E-state index in [1.807, 2.05) is 42.5 Å². The number of furan rings is 1. The summed E-state index contributed by atoms with van der Waals surface area (Å²) in [6.45, 7) is 2.12. The standard InChI is InChI=1S/C19H18N2O2/c1-14(15-5-3-2-4-6-15)20-17-7-9-18(10-8-17)21-19(22)16-11-12-23-13-16/h2-14,20H,1H3,(H,21,22)/t14-/m1/s1. The number of rotatable bonds is 5. The van der Waals surface area contributed by atoms with Crippen LogP contribution in [0.5, 0.6) is 0 Å². The van der Waals surface area contributed by atoms with E-state index < -0.39 is 0 Å². The fourth-order valence-electron chi connectivity index (χ4n) is 2.32. The first-order valence-electron chi connectivity index (χ1n) is 7.47. The Morgan fingerprint density at radius 3 is 2.30 bits per heavy atom. The van der Waals surface area contributed by atoms with Crippen LogP contribution in [0.4, 0.5) is 11.4 Å². The van der Waals surface area contributed by atoms with Crippen molar-refractivity contribution in [2.75, 3.05) is 10.6 Å². The molecule has 2 N–H and O–H groups in total. The molecule has 4 heteroatoms. The minimum atomic E-state index is -0.183. The van der Waals surface area contributed by atoms with Gasteiger partial charge in [0.05, 0.1) is 11.8 Å². The van der Waals surface area contributed by atoms with Crippen LogP contribution in [0.3, 0.4) is 0 Å². The van der Waals surface area contributed by atoms with Gasteiger partial charge < -0.3 is 15.1 Å². The van der Waals surface area contributed by atoms with Gasteiger partial charge in [0.15, 0.2) is 0 Å². The van der Waals surface area contributed by atoms with Gasteiger partial charge >= 0.3 is 0 Å². The topological polar surface area (TPSA) is 54.3 Å². The lowest BCUT2D eigenvalue weighted by Crippen LogP contribution is -2.11. The number of hydrogen-bond donors (Lipinski definition) is 2. The van der Waals surface area contributed by atoms with Crippen molar-refractivity contribution < 1.29 is 9.21 Å². The fourth-order valence-corrected chi connectivity index (χ4v) is 2.32. The molecule has 1 heterocycles. The molecule has 0 radical (unpaired) electrons. The Kier molecular flexibility index (Phi) is 4.43. The third kappa shape index (κ3) is 3.80. The summed E-state index contributed by atoms with van der Waals surface area (Å²) >= 11 is 0. The lowest BCUT2D eigenvalue weighted by atomic mass is 10.1. The van der Waals surface area contributed by atoms with E-state index in [0.717, 1.165) is 11.4 Å². The molecule has 0 aliphatic carbocycles. The van der Waals surface area contributed by atoms with Gasteiger partial charge in [-0.05, 0) is 42.8 Å². The maximum Gasteiger partial charge on any atom is 0.258 e. The zero-order chi connectivity index (χ0) is 16.1. The first kappa shape index (κ1) is 14.9. The van der Waals surface area contributed by atoms with Gasteiger partial charge in [0.25, 0.3) is 5.91 Å². The Labute approximate surface area is 135 Å². The van der Waals surface area contributed by atoms with Crippen LogP contribution < -0.4 is 10.6 Å². The second-order valence-corrected chi connectivity index (χ2v) is 5.32. The van der Waals surface area contributed by atoms with E-state index in [0.29, 0.717) is 5.56 Å². The Bertz CT molecular complexity index is 750. The Morgan fingerprint density at radius 1 is 0.957 bits per heavy atom. The fraction of sp³-hybridized carbons (Fsp3) is 0.105. The first-order chi connectivity index (χ1) is 11.2. The molecule has 0 bridgehead atoms. The molecule has 0 fully saturated rings. The van der Waals surface area contributed by atoms with Crippen LogP contribution in [0.15, 0.2) is 77.6 Å². The second kappa shape index (κ2) is 6.83. The molecule has 0 saturated heterocycles. The monoisotopic (exact) mass is 306 g/mol. The molecule has 1 aromatic heterocycles. The van der Waals surface area contributed by atoms with E-state index in [-0.39, 0.29) is 11.9 Å². The molecule has 116 valence electrons. The summed E-state index contributed by atoms with van der Waals surface area (Å²) in [5, 5.41) is 6.27. The number of carbonyl (C=O) groups is 1. The smallest absolute Gasteiger partial charge is 0.258 e. The highest BCUT2D eigenvalue weighted by atomic mass is 16.3. The van der Waals surface area contributed by atoms with Gasteiger partial charge in [-0.25, -0.2) is 0 Å². The average Bonchev–Trinajstić information content (AvgIpc) is 3.12. The maximum atomic E-state index is 11.9. The average molecular weight is 306 g/mol. The number of hydrogen-bond acceptors (Lipinski definition) is 3. The maximum absolute atomic E-state index is 11.9. The quantitative estimate of drug-likeness (QED) is 0.718. The molecule has 0 aliphatic rings. The van der Waals surface area contributed by atoms with Crippen molar-refractivity contribution in [3.8, 4) is 0 Å². The summed E-state index contributed by atoms with van der Waals surface area (Å²) in [7, 11) is 0. The van der Waals surface area contributed by atoms with Crippen molar-refractivity contribution in [1.82, 2.24) is 0 Å². The third-order valence-electron chi connectivity index (χ3n) is 3.61. The molecule has 4 nitrogen and oxygen atoms in total. The highest BCUT2D eigenvalue weighted by molar-refractivity contribution is 6.04. The van der Waals surface area contributed by atoms with E-state index in [9.17, 15) is 4.79 Å². The van der Waals surface area contributed by atoms with Crippen LogP contribution in [-0.2, 0) is 0 Å². The lowest BCUT2D eigenvalue weighted by molar-refractivity contribution is 0.102. The predicted molar refractivity (Wildman–Crippen MR) is 91.6 cm³/mol. The summed E-state index contributed by atoms with van der Waals surface area (Å²) < 4.78 is 4.91. The third-order valence-corrected chi connectivity index (χ3v) is 3.61. The highest BCUT2D eigenvalue weighted by Gasteiger charge is 2.08. The van der Waals surface area contributed by atoms with Gasteiger partial charge in [-0.3, -0.25) is 4.79 Å². The van der Waals surface area contributed by atoms with Crippen LogP contribution in [-0.4, -0.2) is 5.91 Å². The summed E-state index contributed by atoms with van der Waals surface area (Å²) in [6, 6.07) is 19.7. The molecule has 1 atom stereocenters. The number of nitrogens with one attached hydrogen (secondary N) is 2. The molecule has 0 unspecified atom stereocenters. The van der Waals surface area contributed by atoms with Crippen LogP contribution in [0, 0.1) is 0 Å². The molecule has 3 aromatic rings. The van der Waals surface area contributed by atoms with Gasteiger partial charge in [-0.15, -0.1) is 0 Å². The van der Waals surface area contributed by atoms with Gasteiger partial charge in [-0.2, -0.15) is 0 Å². The van der Waals surface area contributed by atoms with E-state index in [4.69, 9.17) is 4.42 Å². The highest BCUT2D eigenvalue weighted by Crippen LogP contribution is 2.21. The Morgan fingerprint density at radius 2 is 1.65 bits per heavy atom. The molecule has 2 aromatic carbocycles. The van der Waals surface area contributed by atoms with Crippen LogP contribution in [0.1, 0.15) is 28.9 Å². The molecular formula is C19H18N2O2. The molecule has 3 rings (SSSR count). The van der Waals surface area contributed by atoms with Crippen LogP contribution >= 0.6 is 0 Å². The van der Waals surface area contributed by atoms with Crippen LogP contribution in [0.2, 0.25) is 0 Å². The van der Waals surface area contributed by atoms with Gasteiger partial charge in [0.1, 0.15) is 6.26 Å². The lowest BCUT2D eigenvalue weighted by Gasteiger charge is -2.16. The number of amides is 1. The zero-order valence-corrected chi connectivity index (χ0v) is 12.8. The number of anilines is 2. The Balaban J connectivity index is 1.62. The van der Waals surface area contributed by atoms with E-state index in [2.05, 4.69) is 29.7 Å². The Hall–Kier alpha value is -3.01. The van der Waals surface area contributed by atoms with Crippen molar-refractivity contribution in [3.63, 3.8) is 0 Å². The molecule has 0 aliphatic heterocycles. The van der Waals surface area contributed by atoms with Crippen LogP contribution in [0.25, 0.3) is 0 Å². The largest absolute Gasteiger partial charge is 0.472 e. The predicted octanol–water partition coefficient (Wildman–Crippen LogP) is 4.71. The van der Waals surface area contributed by atoms with Crippen molar-refractivity contribution >= 4 is 17.3 Å². The normalized spacial score (nSPS) is 11.7. The van der Waals surface area contributed by atoms with Crippen molar-refractivity contribution in [2.24, 2.45) is 0 Å². The molecule has 0 saturated carbocycles. The van der Waals surface area contributed by atoms with Gasteiger partial charge in [-0.1, -0.05) is 30.3 Å².